The van der Waals surface area contributed by atoms with Crippen LogP contribution in [0.1, 0.15) is 53.6 Å². The lowest BCUT2D eigenvalue weighted by molar-refractivity contribution is -0.136. The lowest BCUT2D eigenvalue weighted by Gasteiger charge is -2.29. The van der Waals surface area contributed by atoms with Gasteiger partial charge in [0.25, 0.3) is 5.91 Å². The number of piperidine rings is 2. The monoisotopic (exact) mass is 384 g/mol. The predicted octanol–water partition coefficient (Wildman–Crippen LogP) is 0.927. The van der Waals surface area contributed by atoms with E-state index in [2.05, 4.69) is 22.0 Å². The van der Waals surface area contributed by atoms with Gasteiger partial charge in [0.2, 0.25) is 11.8 Å². The third-order valence-corrected chi connectivity index (χ3v) is 6.11. The molecule has 0 aliphatic carbocycles. The van der Waals surface area contributed by atoms with Gasteiger partial charge in [-0.25, -0.2) is 0 Å². The lowest BCUT2D eigenvalue weighted by atomic mass is 9.95. The Balaban J connectivity index is 1.32. The number of imide groups is 1. The van der Waals surface area contributed by atoms with Gasteiger partial charge in [0.15, 0.2) is 0 Å². The second-order valence-corrected chi connectivity index (χ2v) is 8.05. The molecule has 28 heavy (non-hydrogen) atoms. The second-order valence-electron chi connectivity index (χ2n) is 8.05. The molecule has 3 heterocycles. The zero-order chi connectivity index (χ0) is 19.5. The molecule has 0 aromatic heterocycles. The lowest BCUT2D eigenvalue weighted by Crippen LogP contribution is -2.52. The normalized spacial score (nSPS) is 23.1. The zero-order valence-corrected chi connectivity index (χ0v) is 16.1. The molecule has 7 nitrogen and oxygen atoms in total. The molecule has 0 spiro atoms. The topological polar surface area (TPSA) is 90.5 Å². The van der Waals surface area contributed by atoms with Gasteiger partial charge in [-0.2, -0.15) is 0 Å². The SMILES string of the molecule is O=C1CCC(N2Cc3cc(CNCCC4CCNCC4)ccc3C2=O)C(=O)N1. The summed E-state index contributed by atoms with van der Waals surface area (Å²) >= 11 is 0. The number of carbonyl (C=O) groups excluding carboxylic acids is 3. The predicted molar refractivity (Wildman–Crippen MR) is 104 cm³/mol. The summed E-state index contributed by atoms with van der Waals surface area (Å²) in [6, 6.07) is 5.37. The van der Waals surface area contributed by atoms with E-state index in [-0.39, 0.29) is 24.1 Å². The number of fused-ring (bicyclic) bond motifs is 1. The van der Waals surface area contributed by atoms with Crippen LogP contribution < -0.4 is 16.0 Å². The summed E-state index contributed by atoms with van der Waals surface area (Å²) in [6.45, 7) is 4.48. The quantitative estimate of drug-likeness (QED) is 0.501. The summed E-state index contributed by atoms with van der Waals surface area (Å²) in [5.41, 5.74) is 2.79. The molecule has 0 radical (unpaired) electrons. The summed E-state index contributed by atoms with van der Waals surface area (Å²) in [5, 5.41) is 9.25. The van der Waals surface area contributed by atoms with Crippen molar-refractivity contribution in [1.82, 2.24) is 20.9 Å². The van der Waals surface area contributed by atoms with Gasteiger partial charge in [-0.1, -0.05) is 12.1 Å². The summed E-state index contributed by atoms with van der Waals surface area (Å²) in [7, 11) is 0. The summed E-state index contributed by atoms with van der Waals surface area (Å²) in [6.07, 6.45) is 4.41. The van der Waals surface area contributed by atoms with E-state index in [0.717, 1.165) is 43.2 Å². The van der Waals surface area contributed by atoms with Crippen LogP contribution in [-0.2, 0) is 22.7 Å². The van der Waals surface area contributed by atoms with Crippen molar-refractivity contribution in [1.29, 1.82) is 0 Å². The minimum absolute atomic E-state index is 0.116. The first-order valence-electron chi connectivity index (χ1n) is 10.3. The molecule has 1 aromatic carbocycles. The zero-order valence-electron chi connectivity index (χ0n) is 16.1. The summed E-state index contributed by atoms with van der Waals surface area (Å²) in [4.78, 5) is 37.8. The second kappa shape index (κ2) is 8.41. The number of rotatable bonds is 6. The van der Waals surface area contributed by atoms with Gasteiger partial charge in [-0.15, -0.1) is 0 Å². The van der Waals surface area contributed by atoms with Gasteiger partial charge in [-0.05, 0) is 68.4 Å². The maximum Gasteiger partial charge on any atom is 0.255 e. The number of benzene rings is 1. The fraction of sp³-hybridized carbons (Fsp3) is 0.571. The first-order chi connectivity index (χ1) is 13.6. The third kappa shape index (κ3) is 4.10. The van der Waals surface area contributed by atoms with E-state index >= 15 is 0 Å². The van der Waals surface area contributed by atoms with Gasteiger partial charge in [0.1, 0.15) is 6.04 Å². The average Bonchev–Trinajstić information content (AvgIpc) is 3.02. The highest BCUT2D eigenvalue weighted by molar-refractivity contribution is 6.05. The molecule has 1 aromatic rings. The van der Waals surface area contributed by atoms with Crippen LogP contribution in [0.15, 0.2) is 18.2 Å². The highest BCUT2D eigenvalue weighted by Crippen LogP contribution is 2.28. The Hall–Kier alpha value is -2.25. The smallest absolute Gasteiger partial charge is 0.255 e. The van der Waals surface area contributed by atoms with Gasteiger partial charge >= 0.3 is 0 Å². The van der Waals surface area contributed by atoms with E-state index in [9.17, 15) is 14.4 Å². The Bertz CT molecular complexity index is 773. The average molecular weight is 384 g/mol. The van der Waals surface area contributed by atoms with Crippen LogP contribution in [0.5, 0.6) is 0 Å². The van der Waals surface area contributed by atoms with E-state index in [4.69, 9.17) is 0 Å². The number of carbonyl (C=O) groups is 3. The molecule has 0 saturated carbocycles. The number of amides is 3. The molecule has 1 atom stereocenters. The van der Waals surface area contributed by atoms with Crippen molar-refractivity contribution >= 4 is 17.7 Å². The van der Waals surface area contributed by atoms with E-state index in [1.54, 1.807) is 4.90 Å². The molecule has 4 rings (SSSR count). The van der Waals surface area contributed by atoms with Crippen LogP contribution in [0.3, 0.4) is 0 Å². The van der Waals surface area contributed by atoms with E-state index in [1.165, 1.54) is 19.3 Å². The number of nitrogens with one attached hydrogen (secondary N) is 3. The van der Waals surface area contributed by atoms with E-state index < -0.39 is 6.04 Å². The van der Waals surface area contributed by atoms with E-state index in [0.29, 0.717) is 18.5 Å². The molecular weight excluding hydrogens is 356 g/mol. The molecule has 0 bridgehead atoms. The number of hydrogen-bond donors (Lipinski definition) is 3. The van der Waals surface area contributed by atoms with Crippen molar-refractivity contribution in [3.63, 3.8) is 0 Å². The van der Waals surface area contributed by atoms with Crippen LogP contribution in [0.2, 0.25) is 0 Å². The molecule has 3 N–H and O–H groups in total. The summed E-state index contributed by atoms with van der Waals surface area (Å²) < 4.78 is 0. The molecule has 3 aliphatic heterocycles. The van der Waals surface area contributed by atoms with Crippen molar-refractivity contribution in [2.24, 2.45) is 5.92 Å². The Kier molecular flexibility index (Phi) is 5.73. The van der Waals surface area contributed by atoms with Gasteiger partial charge in [0, 0.05) is 25.1 Å². The maximum absolute atomic E-state index is 12.7. The minimum Gasteiger partial charge on any atom is -0.322 e. The molecular formula is C21H28N4O3. The van der Waals surface area contributed by atoms with Crippen molar-refractivity contribution in [3.8, 4) is 0 Å². The molecule has 2 saturated heterocycles. The number of nitrogens with zero attached hydrogens (tertiary/aromatic N) is 1. The standard InChI is InChI=1S/C21H28N4O3/c26-19-4-3-18(20(27)24-19)25-13-16-11-15(1-2-17(16)21(25)28)12-23-10-7-14-5-8-22-9-6-14/h1-2,11,14,18,22-23H,3-10,12-13H2,(H,24,26,27). The van der Waals surface area contributed by atoms with Gasteiger partial charge in [0.05, 0.1) is 0 Å². The Morgan fingerprint density at radius 2 is 1.93 bits per heavy atom. The highest BCUT2D eigenvalue weighted by atomic mass is 16.2. The molecule has 2 fully saturated rings. The minimum atomic E-state index is -0.552. The molecule has 1 unspecified atom stereocenters. The van der Waals surface area contributed by atoms with Crippen molar-refractivity contribution in [2.75, 3.05) is 19.6 Å². The Labute approximate surface area is 165 Å². The fourth-order valence-corrected chi connectivity index (χ4v) is 4.45. The largest absolute Gasteiger partial charge is 0.322 e. The van der Waals surface area contributed by atoms with Crippen molar-refractivity contribution in [2.45, 2.75) is 51.2 Å². The first-order valence-corrected chi connectivity index (χ1v) is 10.3. The van der Waals surface area contributed by atoms with Crippen LogP contribution >= 0.6 is 0 Å². The molecule has 3 amide bonds. The first kappa shape index (κ1) is 19.1. The van der Waals surface area contributed by atoms with Crippen LogP contribution in [0.4, 0.5) is 0 Å². The molecule has 3 aliphatic rings. The fourth-order valence-electron chi connectivity index (χ4n) is 4.45. The van der Waals surface area contributed by atoms with E-state index in [1.807, 2.05) is 12.1 Å². The van der Waals surface area contributed by atoms with Gasteiger partial charge in [-0.3, -0.25) is 19.7 Å². The number of hydrogen-bond acceptors (Lipinski definition) is 5. The van der Waals surface area contributed by atoms with Crippen molar-refractivity contribution in [3.05, 3.63) is 34.9 Å². The van der Waals surface area contributed by atoms with Crippen LogP contribution in [0, 0.1) is 5.92 Å². The van der Waals surface area contributed by atoms with Crippen molar-refractivity contribution < 1.29 is 14.4 Å². The Morgan fingerprint density at radius 3 is 2.71 bits per heavy atom. The van der Waals surface area contributed by atoms with Crippen LogP contribution in [0.25, 0.3) is 0 Å². The Morgan fingerprint density at radius 1 is 1.11 bits per heavy atom. The third-order valence-electron chi connectivity index (χ3n) is 6.11. The highest BCUT2D eigenvalue weighted by Gasteiger charge is 2.38. The summed E-state index contributed by atoms with van der Waals surface area (Å²) in [5.74, 6) is 0.0730. The van der Waals surface area contributed by atoms with Gasteiger partial charge < -0.3 is 15.5 Å². The molecule has 7 heteroatoms. The maximum atomic E-state index is 12.7. The van der Waals surface area contributed by atoms with Crippen LogP contribution in [-0.4, -0.2) is 48.3 Å². The molecule has 150 valence electrons.